The van der Waals surface area contributed by atoms with E-state index in [1.54, 1.807) is 0 Å². The Morgan fingerprint density at radius 3 is 1.58 bits per heavy atom. The van der Waals surface area contributed by atoms with Crippen molar-refractivity contribution in [3.05, 3.63) is 228 Å². The van der Waals surface area contributed by atoms with Crippen LogP contribution >= 0.6 is 0 Å². The van der Waals surface area contributed by atoms with E-state index in [1.807, 2.05) is 24.3 Å². The normalized spacial score (nSPS) is 12.7. The van der Waals surface area contributed by atoms with E-state index in [-0.39, 0.29) is 5.78 Å². The Morgan fingerprint density at radius 2 is 0.883 bits per heavy atom. The first-order valence-corrected chi connectivity index (χ1v) is 20.7. The summed E-state index contributed by atoms with van der Waals surface area (Å²) in [5.74, 6) is 0.0320. The molecule has 2 aromatic heterocycles. The molecule has 0 saturated carbocycles. The van der Waals surface area contributed by atoms with Gasteiger partial charge in [0.15, 0.2) is 5.78 Å². The smallest absolute Gasteiger partial charge is 0.193 e. The quantitative estimate of drug-likeness (QED) is 0.155. The molecule has 0 bridgehead atoms. The predicted molar refractivity (Wildman–Crippen MR) is 251 cm³/mol. The molecule has 0 aliphatic heterocycles. The standard InChI is InChI=1S/C57H38N2O/c60-57(45-25-23-37-31-39(19-21-41(37)33-45)43-27-29-55-51(35-43)49-15-7-9-17-53(49)58(55)47-11-3-1-4-12-47)46-26-24-38-32-40(20-22-42(38)34-46)44-28-30-56-52(36-44)50-16-8-10-18-54(50)59(56)48-13-5-2-6-14-48/h1-27,29,31-36H,28,30H2. The molecule has 0 unspecified atom stereocenters. The number of carbonyl (C=O) groups excluding carboxylic acids is 1. The molecule has 2 heterocycles. The van der Waals surface area contributed by atoms with Gasteiger partial charge in [-0.3, -0.25) is 4.79 Å². The molecule has 0 fully saturated rings. The fourth-order valence-electron chi connectivity index (χ4n) is 9.65. The summed E-state index contributed by atoms with van der Waals surface area (Å²) in [4.78, 5) is 14.0. The summed E-state index contributed by atoms with van der Waals surface area (Å²) < 4.78 is 4.77. The predicted octanol–water partition coefficient (Wildman–Crippen LogP) is 14.4. The Hall–Kier alpha value is -7.75. The maximum atomic E-state index is 14.0. The van der Waals surface area contributed by atoms with E-state index < -0.39 is 0 Å². The molecule has 0 radical (unpaired) electrons. The van der Waals surface area contributed by atoms with Crippen LogP contribution in [0.2, 0.25) is 0 Å². The molecular weight excluding hydrogens is 729 g/mol. The highest BCUT2D eigenvalue weighted by atomic mass is 16.1. The molecule has 0 spiro atoms. The van der Waals surface area contributed by atoms with Crippen LogP contribution in [0.25, 0.3) is 88.4 Å². The number of benzene rings is 9. The molecule has 9 aromatic carbocycles. The van der Waals surface area contributed by atoms with Crippen molar-refractivity contribution in [3.63, 3.8) is 0 Å². The van der Waals surface area contributed by atoms with Crippen LogP contribution in [0.15, 0.2) is 200 Å². The van der Waals surface area contributed by atoms with Crippen molar-refractivity contribution in [2.45, 2.75) is 12.8 Å². The van der Waals surface area contributed by atoms with E-state index in [4.69, 9.17) is 0 Å². The second kappa shape index (κ2) is 13.7. The molecule has 0 amide bonds. The Morgan fingerprint density at radius 1 is 0.383 bits per heavy atom. The summed E-state index contributed by atoms with van der Waals surface area (Å²) >= 11 is 0. The topological polar surface area (TPSA) is 26.9 Å². The van der Waals surface area contributed by atoms with Gasteiger partial charge in [0, 0.05) is 49.9 Å². The average Bonchev–Trinajstić information content (AvgIpc) is 3.83. The Balaban J connectivity index is 0.829. The molecule has 0 saturated heterocycles. The van der Waals surface area contributed by atoms with E-state index in [0.29, 0.717) is 11.1 Å². The fourth-order valence-corrected chi connectivity index (χ4v) is 9.65. The van der Waals surface area contributed by atoms with E-state index >= 15 is 0 Å². The molecule has 0 atom stereocenters. The van der Waals surface area contributed by atoms with E-state index in [1.165, 1.54) is 66.4 Å². The summed E-state index contributed by atoms with van der Waals surface area (Å²) in [6.45, 7) is 0. The van der Waals surface area contributed by atoms with Gasteiger partial charge < -0.3 is 9.13 Å². The van der Waals surface area contributed by atoms with Crippen molar-refractivity contribution in [2.75, 3.05) is 0 Å². The first-order chi connectivity index (χ1) is 29.6. The van der Waals surface area contributed by atoms with Crippen molar-refractivity contribution in [1.82, 2.24) is 9.13 Å². The largest absolute Gasteiger partial charge is 0.313 e. The molecule has 12 rings (SSSR count). The molecule has 1 aliphatic rings. The fraction of sp³-hybridized carbons (Fsp3) is 0.0351. The lowest BCUT2D eigenvalue weighted by atomic mass is 9.90. The summed E-state index contributed by atoms with van der Waals surface area (Å²) in [5, 5.41) is 8.11. The van der Waals surface area contributed by atoms with Crippen LogP contribution in [0.4, 0.5) is 0 Å². The summed E-state index contributed by atoms with van der Waals surface area (Å²) in [6.07, 6.45) is 4.34. The third-order valence-electron chi connectivity index (χ3n) is 12.6. The zero-order valence-electron chi connectivity index (χ0n) is 32.8. The van der Waals surface area contributed by atoms with Crippen molar-refractivity contribution >= 4 is 71.7 Å². The third-order valence-corrected chi connectivity index (χ3v) is 12.6. The van der Waals surface area contributed by atoms with Crippen LogP contribution in [-0.4, -0.2) is 14.9 Å². The second-order valence-corrected chi connectivity index (χ2v) is 16.0. The molecule has 282 valence electrons. The highest BCUT2D eigenvalue weighted by Crippen LogP contribution is 2.40. The minimum atomic E-state index is 0.0320. The van der Waals surface area contributed by atoms with Gasteiger partial charge in [0.25, 0.3) is 0 Å². The van der Waals surface area contributed by atoms with Gasteiger partial charge in [-0.05, 0) is 136 Å². The first-order valence-electron chi connectivity index (χ1n) is 20.7. The van der Waals surface area contributed by atoms with Crippen LogP contribution in [0, 0.1) is 0 Å². The number of hydrogen-bond donors (Lipinski definition) is 0. The number of allylic oxidation sites excluding steroid dienone is 1. The SMILES string of the molecule is O=C(c1ccc2cc(C3=Cc4c(n(-c5ccccc5)c5ccccc45)CC3)ccc2c1)c1ccc2cc(-c3ccc4c(c3)c3ccccc3n4-c3ccccc3)ccc2c1. The van der Waals surface area contributed by atoms with Gasteiger partial charge in [-0.1, -0.05) is 127 Å². The highest BCUT2D eigenvalue weighted by Gasteiger charge is 2.22. The lowest BCUT2D eigenvalue weighted by molar-refractivity contribution is 0.103. The molecule has 3 heteroatoms. The number of nitrogens with zero attached hydrogens (tertiary/aromatic N) is 2. The number of aromatic nitrogens is 2. The zero-order chi connectivity index (χ0) is 39.7. The van der Waals surface area contributed by atoms with Crippen molar-refractivity contribution in [3.8, 4) is 22.5 Å². The second-order valence-electron chi connectivity index (χ2n) is 16.0. The average molecular weight is 767 g/mol. The van der Waals surface area contributed by atoms with Crippen LogP contribution in [0.1, 0.15) is 39.2 Å². The molecular formula is C57H38N2O. The van der Waals surface area contributed by atoms with Gasteiger partial charge >= 0.3 is 0 Å². The van der Waals surface area contributed by atoms with Crippen LogP contribution in [0.5, 0.6) is 0 Å². The van der Waals surface area contributed by atoms with Gasteiger partial charge in [-0.25, -0.2) is 0 Å². The number of ketones is 1. The number of para-hydroxylation sites is 4. The Kier molecular flexibility index (Phi) is 7.82. The molecule has 1 aliphatic carbocycles. The van der Waals surface area contributed by atoms with Gasteiger partial charge in [-0.15, -0.1) is 0 Å². The third kappa shape index (κ3) is 5.55. The first kappa shape index (κ1) is 34.3. The molecule has 0 N–H and O–H groups in total. The van der Waals surface area contributed by atoms with Gasteiger partial charge in [-0.2, -0.15) is 0 Å². The van der Waals surface area contributed by atoms with Crippen molar-refractivity contribution in [2.24, 2.45) is 0 Å². The highest BCUT2D eigenvalue weighted by molar-refractivity contribution is 6.13. The van der Waals surface area contributed by atoms with E-state index in [2.05, 4.69) is 191 Å². The van der Waals surface area contributed by atoms with Gasteiger partial charge in [0.1, 0.15) is 0 Å². The van der Waals surface area contributed by atoms with Crippen molar-refractivity contribution < 1.29 is 4.79 Å². The van der Waals surface area contributed by atoms with Crippen molar-refractivity contribution in [1.29, 1.82) is 0 Å². The number of carbonyl (C=O) groups is 1. The lowest BCUT2D eigenvalue weighted by Crippen LogP contribution is -2.05. The summed E-state index contributed by atoms with van der Waals surface area (Å²) in [6, 6.07) is 70.8. The Bertz CT molecular complexity index is 3550. The minimum absolute atomic E-state index is 0.0320. The monoisotopic (exact) mass is 766 g/mol. The maximum absolute atomic E-state index is 14.0. The number of hydrogen-bond acceptors (Lipinski definition) is 1. The summed E-state index contributed by atoms with van der Waals surface area (Å²) in [5.41, 5.74) is 15.0. The molecule has 60 heavy (non-hydrogen) atoms. The van der Waals surface area contributed by atoms with Crippen LogP contribution < -0.4 is 0 Å². The van der Waals surface area contributed by atoms with E-state index in [0.717, 1.165) is 45.6 Å². The molecule has 3 nitrogen and oxygen atoms in total. The van der Waals surface area contributed by atoms with Crippen LogP contribution in [-0.2, 0) is 6.42 Å². The number of rotatable bonds is 6. The zero-order valence-corrected chi connectivity index (χ0v) is 32.8. The number of fused-ring (bicyclic) bond motifs is 8. The molecule has 11 aromatic rings. The summed E-state index contributed by atoms with van der Waals surface area (Å²) in [7, 11) is 0. The minimum Gasteiger partial charge on any atom is -0.313 e. The van der Waals surface area contributed by atoms with E-state index in [9.17, 15) is 4.79 Å². The Labute approximate surface area is 347 Å². The van der Waals surface area contributed by atoms with Crippen LogP contribution in [0.3, 0.4) is 0 Å². The van der Waals surface area contributed by atoms with Gasteiger partial charge in [0.2, 0.25) is 0 Å². The van der Waals surface area contributed by atoms with Gasteiger partial charge in [0.05, 0.1) is 16.6 Å². The lowest BCUT2D eigenvalue weighted by Gasteiger charge is -2.18. The maximum Gasteiger partial charge on any atom is 0.193 e.